The third kappa shape index (κ3) is 3.93. The van der Waals surface area contributed by atoms with Crippen LogP contribution >= 0.6 is 11.6 Å². The van der Waals surface area contributed by atoms with Crippen LogP contribution in [0.3, 0.4) is 0 Å². The molecule has 5 heteroatoms. The number of nitrogens with zero attached hydrogens (tertiary/aromatic N) is 1. The van der Waals surface area contributed by atoms with E-state index in [1.54, 1.807) is 12.1 Å². The summed E-state index contributed by atoms with van der Waals surface area (Å²) in [5, 5.41) is 14.9. The normalized spacial score (nSPS) is 22.7. The van der Waals surface area contributed by atoms with Crippen molar-refractivity contribution in [1.29, 1.82) is 0 Å². The largest absolute Gasteiger partial charge is 0.310 e. The molecule has 0 atom stereocenters. The van der Waals surface area contributed by atoms with Gasteiger partial charge in [0, 0.05) is 29.2 Å². The van der Waals surface area contributed by atoms with Crippen LogP contribution in [0, 0.1) is 16.0 Å². The van der Waals surface area contributed by atoms with E-state index in [1.165, 1.54) is 38.2 Å². The molecule has 0 aromatic heterocycles. The minimum atomic E-state index is -0.364. The van der Waals surface area contributed by atoms with Crippen LogP contribution in [0.5, 0.6) is 0 Å². The highest BCUT2D eigenvalue weighted by molar-refractivity contribution is 6.30. The summed E-state index contributed by atoms with van der Waals surface area (Å²) >= 11 is 5.82. The van der Waals surface area contributed by atoms with Gasteiger partial charge in [0.25, 0.3) is 5.69 Å². The third-order valence-corrected chi connectivity index (χ3v) is 4.48. The lowest BCUT2D eigenvalue weighted by atomic mass is 9.84. The SMILES string of the molecule is CCC1CCC(NCc2ccc(Cl)cc2[N+](=O)[O-])CC1. The first-order valence-corrected chi connectivity index (χ1v) is 7.64. The maximum absolute atomic E-state index is 11.0. The molecule has 4 nitrogen and oxygen atoms in total. The van der Waals surface area contributed by atoms with Gasteiger partial charge in [-0.05, 0) is 43.7 Å². The fraction of sp³-hybridized carbons (Fsp3) is 0.600. The number of hydrogen-bond acceptors (Lipinski definition) is 3. The Morgan fingerprint density at radius 2 is 2.05 bits per heavy atom. The van der Waals surface area contributed by atoms with Crippen LogP contribution in [0.4, 0.5) is 5.69 Å². The number of nitro benzene ring substituents is 1. The van der Waals surface area contributed by atoms with E-state index >= 15 is 0 Å². The van der Waals surface area contributed by atoms with Gasteiger partial charge in [-0.15, -0.1) is 0 Å². The van der Waals surface area contributed by atoms with Crippen LogP contribution in [0.1, 0.15) is 44.6 Å². The van der Waals surface area contributed by atoms with E-state index in [4.69, 9.17) is 11.6 Å². The Balaban J connectivity index is 1.93. The Labute approximate surface area is 124 Å². The van der Waals surface area contributed by atoms with Crippen molar-refractivity contribution in [3.05, 3.63) is 38.9 Å². The molecule has 1 aliphatic rings. The summed E-state index contributed by atoms with van der Waals surface area (Å²) in [5.74, 6) is 0.859. The van der Waals surface area contributed by atoms with Crippen LogP contribution in [-0.4, -0.2) is 11.0 Å². The third-order valence-electron chi connectivity index (χ3n) is 4.25. The van der Waals surface area contributed by atoms with Crippen LogP contribution < -0.4 is 5.32 Å². The minimum absolute atomic E-state index is 0.104. The number of nitrogens with one attached hydrogen (secondary N) is 1. The number of benzene rings is 1. The highest BCUT2D eigenvalue weighted by Crippen LogP contribution is 2.27. The molecule has 1 N–H and O–H groups in total. The van der Waals surface area contributed by atoms with Crippen LogP contribution in [-0.2, 0) is 6.54 Å². The summed E-state index contributed by atoms with van der Waals surface area (Å²) in [4.78, 5) is 10.7. The molecule has 0 heterocycles. The average Bonchev–Trinajstić information content (AvgIpc) is 2.46. The Bertz CT molecular complexity index is 471. The number of rotatable bonds is 5. The molecule has 1 aromatic carbocycles. The van der Waals surface area contributed by atoms with E-state index < -0.39 is 0 Å². The fourth-order valence-electron chi connectivity index (χ4n) is 2.89. The van der Waals surface area contributed by atoms with Crippen molar-refractivity contribution in [3.63, 3.8) is 0 Å². The number of nitro groups is 1. The first kappa shape index (κ1) is 15.3. The molecular formula is C15H21ClN2O2. The van der Waals surface area contributed by atoms with Crippen molar-refractivity contribution in [2.75, 3.05) is 0 Å². The summed E-state index contributed by atoms with van der Waals surface area (Å²) in [7, 11) is 0. The van der Waals surface area contributed by atoms with Gasteiger partial charge in [-0.1, -0.05) is 24.9 Å². The summed E-state index contributed by atoms with van der Waals surface area (Å²) in [6.07, 6.45) is 6.11. The molecule has 0 radical (unpaired) electrons. The van der Waals surface area contributed by atoms with Gasteiger partial charge in [0.05, 0.1) is 4.92 Å². The monoisotopic (exact) mass is 296 g/mol. The molecule has 0 spiro atoms. The Hall–Kier alpha value is -1.13. The van der Waals surface area contributed by atoms with E-state index in [0.717, 1.165) is 5.92 Å². The predicted molar refractivity (Wildman–Crippen MR) is 81.0 cm³/mol. The predicted octanol–water partition coefficient (Wildman–Crippen LogP) is 4.31. The lowest BCUT2D eigenvalue weighted by Crippen LogP contribution is -2.32. The van der Waals surface area contributed by atoms with Crippen molar-refractivity contribution in [2.45, 2.75) is 51.6 Å². The number of halogens is 1. The second-order valence-corrected chi connectivity index (χ2v) is 5.97. The molecule has 2 rings (SSSR count). The summed E-state index contributed by atoms with van der Waals surface area (Å²) in [5.41, 5.74) is 0.809. The van der Waals surface area contributed by atoms with Gasteiger partial charge < -0.3 is 5.32 Å². The lowest BCUT2D eigenvalue weighted by Gasteiger charge is -2.28. The van der Waals surface area contributed by atoms with Gasteiger partial charge in [0.15, 0.2) is 0 Å². The molecular weight excluding hydrogens is 276 g/mol. The van der Waals surface area contributed by atoms with Crippen molar-refractivity contribution in [3.8, 4) is 0 Å². The van der Waals surface area contributed by atoms with Gasteiger partial charge >= 0.3 is 0 Å². The van der Waals surface area contributed by atoms with Crippen molar-refractivity contribution < 1.29 is 4.92 Å². The average molecular weight is 297 g/mol. The fourth-order valence-corrected chi connectivity index (χ4v) is 3.05. The molecule has 1 aromatic rings. The summed E-state index contributed by atoms with van der Waals surface area (Å²) in [6.45, 7) is 2.78. The zero-order chi connectivity index (χ0) is 14.5. The minimum Gasteiger partial charge on any atom is -0.310 e. The summed E-state index contributed by atoms with van der Waals surface area (Å²) < 4.78 is 0. The molecule has 20 heavy (non-hydrogen) atoms. The van der Waals surface area contributed by atoms with E-state index in [0.29, 0.717) is 23.2 Å². The van der Waals surface area contributed by atoms with E-state index in [-0.39, 0.29) is 10.6 Å². The van der Waals surface area contributed by atoms with Crippen molar-refractivity contribution in [1.82, 2.24) is 5.32 Å². The van der Waals surface area contributed by atoms with Gasteiger partial charge in [-0.2, -0.15) is 0 Å². The van der Waals surface area contributed by atoms with Gasteiger partial charge in [0.1, 0.15) is 0 Å². The zero-order valence-electron chi connectivity index (χ0n) is 11.8. The van der Waals surface area contributed by atoms with E-state index in [1.807, 2.05) is 0 Å². The topological polar surface area (TPSA) is 55.2 Å². The lowest BCUT2D eigenvalue weighted by molar-refractivity contribution is -0.385. The Morgan fingerprint density at radius 3 is 2.65 bits per heavy atom. The molecule has 1 saturated carbocycles. The highest BCUT2D eigenvalue weighted by Gasteiger charge is 2.21. The first-order chi connectivity index (χ1) is 9.60. The van der Waals surface area contributed by atoms with Gasteiger partial charge in [-0.25, -0.2) is 0 Å². The molecule has 1 fully saturated rings. The first-order valence-electron chi connectivity index (χ1n) is 7.26. The van der Waals surface area contributed by atoms with E-state index in [2.05, 4.69) is 12.2 Å². The van der Waals surface area contributed by atoms with Crippen molar-refractivity contribution in [2.24, 2.45) is 5.92 Å². The molecule has 0 unspecified atom stereocenters. The van der Waals surface area contributed by atoms with Crippen LogP contribution in [0.2, 0.25) is 5.02 Å². The second-order valence-electron chi connectivity index (χ2n) is 5.54. The Kier molecular flexibility index (Phi) is 5.38. The molecule has 0 bridgehead atoms. The van der Waals surface area contributed by atoms with E-state index in [9.17, 15) is 10.1 Å². The van der Waals surface area contributed by atoms with Crippen LogP contribution in [0.15, 0.2) is 18.2 Å². The smallest absolute Gasteiger partial charge is 0.275 e. The standard InChI is InChI=1S/C15H21ClN2O2/c1-2-11-3-7-14(8-4-11)17-10-12-5-6-13(16)9-15(12)18(19)20/h5-6,9,11,14,17H,2-4,7-8,10H2,1H3. The molecule has 0 amide bonds. The second kappa shape index (κ2) is 7.04. The van der Waals surface area contributed by atoms with Crippen LogP contribution in [0.25, 0.3) is 0 Å². The molecule has 0 aliphatic heterocycles. The highest BCUT2D eigenvalue weighted by atomic mass is 35.5. The van der Waals surface area contributed by atoms with Gasteiger partial charge in [-0.3, -0.25) is 10.1 Å². The molecule has 110 valence electrons. The number of hydrogen-bond donors (Lipinski definition) is 1. The molecule has 1 aliphatic carbocycles. The maximum Gasteiger partial charge on any atom is 0.275 e. The van der Waals surface area contributed by atoms with Gasteiger partial charge in [0.2, 0.25) is 0 Å². The quantitative estimate of drug-likeness (QED) is 0.651. The Morgan fingerprint density at radius 1 is 1.35 bits per heavy atom. The summed E-state index contributed by atoms with van der Waals surface area (Å²) in [6, 6.07) is 5.35. The maximum atomic E-state index is 11.0. The molecule has 0 saturated heterocycles. The zero-order valence-corrected chi connectivity index (χ0v) is 12.5. The van der Waals surface area contributed by atoms with Crippen molar-refractivity contribution >= 4 is 17.3 Å².